The van der Waals surface area contributed by atoms with Gasteiger partial charge in [0.2, 0.25) is 5.91 Å². The molecule has 3 aromatic rings. The van der Waals surface area contributed by atoms with Gasteiger partial charge in [0.25, 0.3) is 15.9 Å². The molecule has 2 amide bonds. The van der Waals surface area contributed by atoms with Gasteiger partial charge in [-0.05, 0) is 92.5 Å². The van der Waals surface area contributed by atoms with Gasteiger partial charge in [0.1, 0.15) is 5.82 Å². The second-order valence-electron chi connectivity index (χ2n) is 8.96. The fraction of sp³-hybridized carbons (Fsp3) is 0.259. The molecule has 3 N–H and O–H groups in total. The summed E-state index contributed by atoms with van der Waals surface area (Å²) in [4.78, 5) is 30.2. The predicted octanol–water partition coefficient (Wildman–Crippen LogP) is 3.62. The van der Waals surface area contributed by atoms with Crippen molar-refractivity contribution in [2.24, 2.45) is 5.92 Å². The molecule has 0 bridgehead atoms. The van der Waals surface area contributed by atoms with E-state index in [-0.39, 0.29) is 34.3 Å². The number of hydrogen-bond acceptors (Lipinski definition) is 6. The largest absolute Gasteiger partial charge is 0.364 e. The molecular weight excluding hydrogens is 591 g/mol. The number of hydrogen-bond donors (Lipinski definition) is 3. The first-order chi connectivity index (χ1) is 18.7. The normalized spacial score (nSPS) is 13.9. The molecule has 0 atom stereocenters. The summed E-state index contributed by atoms with van der Waals surface area (Å²) >= 11 is 3.31. The number of halogens is 2. The molecule has 206 valence electrons. The third-order valence-electron chi connectivity index (χ3n) is 6.11. The minimum absolute atomic E-state index is 0.0461. The summed E-state index contributed by atoms with van der Waals surface area (Å²) in [6.07, 6.45) is 1.99. The minimum Gasteiger partial charge on any atom is -0.364 e. The van der Waals surface area contributed by atoms with Crippen LogP contribution in [0.25, 0.3) is 0 Å². The highest BCUT2D eigenvalue weighted by Gasteiger charge is 2.28. The maximum Gasteiger partial charge on any atom is 0.295 e. The van der Waals surface area contributed by atoms with Gasteiger partial charge in [-0.25, -0.2) is 4.39 Å². The minimum atomic E-state index is -4.33. The average molecular weight is 620 g/mol. The van der Waals surface area contributed by atoms with E-state index in [2.05, 4.69) is 31.9 Å². The average Bonchev–Trinajstić information content (AvgIpc) is 2.95. The molecule has 4 rings (SSSR count). The number of nitrogens with zero attached hydrogens (tertiary/aromatic N) is 1. The van der Waals surface area contributed by atoms with Crippen molar-refractivity contribution in [2.45, 2.75) is 17.7 Å². The van der Waals surface area contributed by atoms with Crippen LogP contribution in [0.1, 0.15) is 23.2 Å². The lowest BCUT2D eigenvalue weighted by Crippen LogP contribution is -2.40. The van der Waals surface area contributed by atoms with Crippen molar-refractivity contribution in [3.63, 3.8) is 0 Å². The van der Waals surface area contributed by atoms with Crippen LogP contribution in [0, 0.1) is 11.7 Å². The van der Waals surface area contributed by atoms with Gasteiger partial charge in [0.15, 0.2) is 5.75 Å². The van der Waals surface area contributed by atoms with Crippen LogP contribution in [0.4, 0.5) is 10.1 Å². The first kappa shape index (κ1) is 28.5. The van der Waals surface area contributed by atoms with Crippen molar-refractivity contribution in [1.29, 1.82) is 0 Å². The van der Waals surface area contributed by atoms with Crippen molar-refractivity contribution in [1.82, 2.24) is 16.0 Å². The molecule has 0 aromatic heterocycles. The summed E-state index contributed by atoms with van der Waals surface area (Å²) in [5, 5.41) is 8.65. The fourth-order valence-electron chi connectivity index (χ4n) is 3.96. The number of carbonyl (C=O) groups is 2. The third kappa shape index (κ3) is 7.78. The van der Waals surface area contributed by atoms with E-state index in [4.69, 9.17) is 4.84 Å². The Kier molecular flexibility index (Phi) is 9.54. The molecule has 0 aliphatic carbocycles. The maximum atomic E-state index is 14.0. The first-order valence-corrected chi connectivity index (χ1v) is 14.6. The summed E-state index contributed by atoms with van der Waals surface area (Å²) in [6.45, 7) is 2.23. The number of carbonyl (C=O) groups excluding carboxylic acids is 2. The standard InChI is InChI=1S/C27H28BrFN4O5S/c28-21-6-8-24(9-7-21)38-33(23-3-1-2-22(29)16-23)39(36,37)25-10-4-20(5-11-25)27(35)32-18-26(34)31-17-19-12-14-30-15-13-19/h1-11,16,19,30H,12-15,17-18H2,(H,31,34)(H,32,35). The first-order valence-electron chi connectivity index (χ1n) is 12.3. The molecule has 12 heteroatoms. The van der Waals surface area contributed by atoms with Gasteiger partial charge in [-0.1, -0.05) is 26.5 Å². The van der Waals surface area contributed by atoms with Crippen molar-refractivity contribution < 1.29 is 27.2 Å². The number of amides is 2. The Morgan fingerprint density at radius 1 is 1.00 bits per heavy atom. The van der Waals surface area contributed by atoms with Gasteiger partial charge in [-0.15, -0.1) is 0 Å². The highest BCUT2D eigenvalue weighted by atomic mass is 79.9. The summed E-state index contributed by atoms with van der Waals surface area (Å²) in [6, 6.07) is 16.6. The summed E-state index contributed by atoms with van der Waals surface area (Å²) in [7, 11) is -4.33. The Hall–Kier alpha value is -3.48. The Labute approximate surface area is 234 Å². The molecule has 0 unspecified atom stereocenters. The van der Waals surface area contributed by atoms with Gasteiger partial charge in [0.05, 0.1) is 17.1 Å². The molecule has 1 fully saturated rings. The van der Waals surface area contributed by atoms with Gasteiger partial charge in [0, 0.05) is 22.6 Å². The summed E-state index contributed by atoms with van der Waals surface area (Å²) in [5.74, 6) is -0.833. The van der Waals surface area contributed by atoms with E-state index in [9.17, 15) is 22.4 Å². The quantitative estimate of drug-likeness (QED) is 0.299. The van der Waals surface area contributed by atoms with E-state index in [0.717, 1.165) is 36.5 Å². The van der Waals surface area contributed by atoms with E-state index in [1.807, 2.05) is 0 Å². The van der Waals surface area contributed by atoms with E-state index >= 15 is 0 Å². The molecule has 0 radical (unpaired) electrons. The molecule has 1 heterocycles. The Morgan fingerprint density at radius 3 is 2.36 bits per heavy atom. The SMILES string of the molecule is O=C(CNC(=O)c1ccc(S(=O)(=O)N(Oc2ccc(Br)cc2)c2cccc(F)c2)cc1)NCC1CCNCC1. The molecule has 1 saturated heterocycles. The van der Waals surface area contributed by atoms with Crippen molar-refractivity contribution in [3.05, 3.63) is 88.6 Å². The van der Waals surface area contributed by atoms with Crippen molar-refractivity contribution in [2.75, 3.05) is 30.6 Å². The topological polar surface area (TPSA) is 117 Å². The zero-order valence-electron chi connectivity index (χ0n) is 20.9. The molecular formula is C27H28BrFN4O5S. The van der Waals surface area contributed by atoms with Crippen molar-refractivity contribution >= 4 is 43.5 Å². The Balaban J connectivity index is 1.43. The van der Waals surface area contributed by atoms with E-state index < -0.39 is 21.7 Å². The second-order valence-corrected chi connectivity index (χ2v) is 11.6. The van der Waals surface area contributed by atoms with E-state index in [1.165, 1.54) is 42.5 Å². The molecule has 1 aliphatic rings. The third-order valence-corrected chi connectivity index (χ3v) is 8.23. The van der Waals surface area contributed by atoms with Crippen molar-refractivity contribution in [3.8, 4) is 5.75 Å². The fourth-order valence-corrected chi connectivity index (χ4v) is 5.48. The summed E-state index contributed by atoms with van der Waals surface area (Å²) < 4.78 is 42.4. The van der Waals surface area contributed by atoms with Gasteiger partial charge in [-0.2, -0.15) is 8.42 Å². The van der Waals surface area contributed by atoms with Crippen LogP contribution in [0.3, 0.4) is 0 Å². The smallest absolute Gasteiger partial charge is 0.295 e. The molecule has 9 nitrogen and oxygen atoms in total. The highest BCUT2D eigenvalue weighted by molar-refractivity contribution is 9.10. The second kappa shape index (κ2) is 13.0. The number of piperidine rings is 1. The molecule has 39 heavy (non-hydrogen) atoms. The van der Waals surface area contributed by atoms with E-state index in [0.29, 0.717) is 16.9 Å². The molecule has 0 saturated carbocycles. The van der Waals surface area contributed by atoms with Crippen LogP contribution in [0.2, 0.25) is 0 Å². The lowest BCUT2D eigenvalue weighted by molar-refractivity contribution is -0.120. The van der Waals surface area contributed by atoms with Gasteiger partial charge in [-0.3, -0.25) is 9.59 Å². The number of sulfonamides is 1. The van der Waals surface area contributed by atoms with Gasteiger partial charge >= 0.3 is 0 Å². The van der Waals surface area contributed by atoms with Crippen LogP contribution >= 0.6 is 15.9 Å². The van der Waals surface area contributed by atoms with E-state index in [1.54, 1.807) is 24.3 Å². The highest BCUT2D eigenvalue weighted by Crippen LogP contribution is 2.27. The molecule has 3 aromatic carbocycles. The lowest BCUT2D eigenvalue weighted by atomic mass is 9.98. The predicted molar refractivity (Wildman–Crippen MR) is 148 cm³/mol. The zero-order valence-corrected chi connectivity index (χ0v) is 23.3. The van der Waals surface area contributed by atoms with Crippen LogP contribution in [-0.4, -0.2) is 46.4 Å². The number of benzene rings is 3. The monoisotopic (exact) mass is 618 g/mol. The zero-order chi connectivity index (χ0) is 27.8. The van der Waals surface area contributed by atoms with Crippen LogP contribution < -0.4 is 25.3 Å². The Morgan fingerprint density at radius 2 is 1.69 bits per heavy atom. The number of rotatable bonds is 10. The summed E-state index contributed by atoms with van der Waals surface area (Å²) in [5.41, 5.74) is 0.126. The molecule has 0 spiro atoms. The number of anilines is 1. The van der Waals surface area contributed by atoms with Gasteiger partial charge < -0.3 is 20.8 Å². The maximum absolute atomic E-state index is 14.0. The number of nitrogens with one attached hydrogen (secondary N) is 3. The Bertz CT molecular complexity index is 1400. The van der Waals surface area contributed by atoms with Crippen LogP contribution in [0.15, 0.2) is 82.2 Å². The lowest BCUT2D eigenvalue weighted by Gasteiger charge is -2.24. The molecule has 1 aliphatic heterocycles. The van der Waals surface area contributed by atoms with Crippen LogP contribution in [-0.2, 0) is 14.8 Å². The van der Waals surface area contributed by atoms with Crippen LogP contribution in [0.5, 0.6) is 5.75 Å².